The second kappa shape index (κ2) is 7.21. The number of rotatable bonds is 4. The van der Waals surface area contributed by atoms with Crippen molar-refractivity contribution in [2.24, 2.45) is 5.41 Å². The number of hydrogen-bond donors (Lipinski definition) is 1. The molecule has 1 aromatic carbocycles. The number of fused-ring (bicyclic) bond motifs is 1. The predicted molar refractivity (Wildman–Crippen MR) is 121 cm³/mol. The number of carbonyl (C=O) groups excluding carboxylic acids is 2. The molecule has 0 bridgehead atoms. The third-order valence-electron chi connectivity index (χ3n) is 8.62. The Morgan fingerprint density at radius 1 is 1.24 bits per heavy atom. The summed E-state index contributed by atoms with van der Waals surface area (Å²) in [5.74, 6) is -0.617. The van der Waals surface area contributed by atoms with Gasteiger partial charge >= 0.3 is 11.9 Å². The molecule has 1 saturated heterocycles. The largest absolute Gasteiger partial charge is 0.497 e. The molecule has 4 aliphatic rings. The molecule has 8 nitrogen and oxygen atoms in total. The van der Waals surface area contributed by atoms with Gasteiger partial charge in [-0.2, -0.15) is 0 Å². The zero-order valence-electron chi connectivity index (χ0n) is 19.8. The molecule has 5 rings (SSSR count). The zero-order valence-corrected chi connectivity index (χ0v) is 19.8. The SMILES string of the molecule is CC[C@@]12C=CCN3CC[C@]4(c5ccc(OC)cc5N(C)C4[C@](O)(C(=O)OC)[C@H]1OC(C)=O)[C@H]32. The molecule has 0 radical (unpaired) electrons. The van der Waals surface area contributed by atoms with Gasteiger partial charge in [-0.3, -0.25) is 9.69 Å². The van der Waals surface area contributed by atoms with Gasteiger partial charge in [0, 0.05) is 49.1 Å². The first kappa shape index (κ1) is 22.2. The van der Waals surface area contributed by atoms with E-state index in [4.69, 9.17) is 14.2 Å². The van der Waals surface area contributed by atoms with Gasteiger partial charge in [0.05, 0.1) is 20.3 Å². The lowest BCUT2D eigenvalue weighted by Crippen LogP contribution is -2.81. The van der Waals surface area contributed by atoms with Crippen molar-refractivity contribution in [1.29, 1.82) is 0 Å². The third-order valence-corrected chi connectivity index (χ3v) is 8.62. The number of hydrogen-bond acceptors (Lipinski definition) is 8. The van der Waals surface area contributed by atoms with Crippen molar-refractivity contribution in [2.45, 2.75) is 55.9 Å². The Labute approximate surface area is 194 Å². The van der Waals surface area contributed by atoms with E-state index in [1.165, 1.54) is 14.0 Å². The Hall–Kier alpha value is -2.58. The topological polar surface area (TPSA) is 88.5 Å². The van der Waals surface area contributed by atoms with E-state index in [1.807, 2.05) is 31.0 Å². The van der Waals surface area contributed by atoms with E-state index >= 15 is 0 Å². The molecule has 178 valence electrons. The summed E-state index contributed by atoms with van der Waals surface area (Å²) < 4.78 is 16.6. The molecule has 0 amide bonds. The number of aliphatic hydroxyl groups is 1. The van der Waals surface area contributed by atoms with Gasteiger partial charge in [-0.15, -0.1) is 0 Å². The van der Waals surface area contributed by atoms with E-state index in [2.05, 4.69) is 23.1 Å². The van der Waals surface area contributed by atoms with Gasteiger partial charge in [0.25, 0.3) is 0 Å². The molecule has 1 aliphatic carbocycles. The molecule has 2 fully saturated rings. The minimum absolute atomic E-state index is 0.0589. The summed E-state index contributed by atoms with van der Waals surface area (Å²) in [7, 11) is 4.77. The molecule has 3 heterocycles. The maximum Gasteiger partial charge on any atom is 0.344 e. The summed E-state index contributed by atoms with van der Waals surface area (Å²) in [5, 5.41) is 12.5. The Kier molecular flexibility index (Phi) is 4.85. The van der Waals surface area contributed by atoms with Gasteiger partial charge in [0.2, 0.25) is 5.60 Å². The van der Waals surface area contributed by atoms with Crippen molar-refractivity contribution in [3.8, 4) is 5.75 Å². The van der Waals surface area contributed by atoms with Crippen LogP contribution in [0, 0.1) is 5.41 Å². The molecule has 33 heavy (non-hydrogen) atoms. The number of likely N-dealkylation sites (N-methyl/N-ethyl adjacent to an activating group) is 1. The molecule has 1 saturated carbocycles. The van der Waals surface area contributed by atoms with Crippen molar-refractivity contribution < 1.29 is 28.9 Å². The van der Waals surface area contributed by atoms with Crippen LogP contribution in [0.2, 0.25) is 0 Å². The molecular weight excluding hydrogens is 424 g/mol. The Bertz CT molecular complexity index is 1040. The Balaban J connectivity index is 1.86. The first-order valence-electron chi connectivity index (χ1n) is 11.5. The van der Waals surface area contributed by atoms with Gasteiger partial charge in [-0.1, -0.05) is 25.1 Å². The van der Waals surface area contributed by atoms with E-state index in [9.17, 15) is 14.7 Å². The van der Waals surface area contributed by atoms with Crippen LogP contribution < -0.4 is 9.64 Å². The number of benzene rings is 1. The Morgan fingerprint density at radius 2 is 2.00 bits per heavy atom. The lowest BCUT2D eigenvalue weighted by atomic mass is 9.47. The van der Waals surface area contributed by atoms with Crippen LogP contribution in [-0.4, -0.2) is 80.1 Å². The normalized spacial score (nSPS) is 38.4. The number of methoxy groups -OCH3 is 2. The van der Waals surface area contributed by atoms with Crippen LogP contribution in [0.5, 0.6) is 5.75 Å². The average molecular weight is 457 g/mol. The number of esters is 2. The van der Waals surface area contributed by atoms with Crippen molar-refractivity contribution in [1.82, 2.24) is 4.90 Å². The molecular formula is C25H32N2O6. The monoisotopic (exact) mass is 456 g/mol. The molecule has 1 spiro atoms. The predicted octanol–water partition coefficient (Wildman–Crippen LogP) is 1.64. The van der Waals surface area contributed by atoms with Gasteiger partial charge in [0.15, 0.2) is 6.10 Å². The van der Waals surface area contributed by atoms with Crippen molar-refractivity contribution in [3.63, 3.8) is 0 Å². The summed E-state index contributed by atoms with van der Waals surface area (Å²) in [6.07, 6.45) is 4.40. The summed E-state index contributed by atoms with van der Waals surface area (Å²) in [4.78, 5) is 30.2. The number of anilines is 1. The summed E-state index contributed by atoms with van der Waals surface area (Å²) in [6, 6.07) is 5.22. The fourth-order valence-electron chi connectivity index (χ4n) is 7.68. The van der Waals surface area contributed by atoms with Crippen LogP contribution in [0.25, 0.3) is 0 Å². The van der Waals surface area contributed by atoms with Crippen molar-refractivity contribution in [2.75, 3.05) is 39.3 Å². The second-order valence-corrected chi connectivity index (χ2v) is 9.76. The molecule has 1 aromatic rings. The van der Waals surface area contributed by atoms with Crippen LogP contribution in [-0.2, 0) is 24.5 Å². The highest BCUT2D eigenvalue weighted by Crippen LogP contribution is 2.67. The molecule has 0 aromatic heterocycles. The average Bonchev–Trinajstić information content (AvgIpc) is 3.32. The second-order valence-electron chi connectivity index (χ2n) is 9.76. The standard InChI is InChI=1S/C25H32N2O6/c1-6-23-10-7-12-27-13-11-24(19(23)27)17-9-8-16(31-4)14-18(17)26(3)20(24)25(30,22(29)32-5)21(23)33-15(2)28/h7-10,14,19-21,30H,6,11-13H2,1-5H3/t19-,20?,21+,23+,24+,25-/m1/s1. The molecule has 8 heteroatoms. The van der Waals surface area contributed by atoms with Crippen LogP contribution in [0.3, 0.4) is 0 Å². The minimum atomic E-state index is -2.08. The summed E-state index contributed by atoms with van der Waals surface area (Å²) in [5.41, 5.74) is -1.41. The van der Waals surface area contributed by atoms with Crippen LogP contribution in [0.1, 0.15) is 32.3 Å². The fraction of sp³-hybridized carbons (Fsp3) is 0.600. The van der Waals surface area contributed by atoms with Gasteiger partial charge in [-0.05, 0) is 31.0 Å². The summed E-state index contributed by atoms with van der Waals surface area (Å²) >= 11 is 0. The minimum Gasteiger partial charge on any atom is -0.497 e. The van der Waals surface area contributed by atoms with E-state index in [1.54, 1.807) is 7.11 Å². The van der Waals surface area contributed by atoms with Crippen LogP contribution in [0.4, 0.5) is 5.69 Å². The van der Waals surface area contributed by atoms with Crippen LogP contribution in [0.15, 0.2) is 30.4 Å². The van der Waals surface area contributed by atoms with E-state index < -0.39 is 40.5 Å². The highest BCUT2D eigenvalue weighted by molar-refractivity contribution is 5.87. The molecule has 3 aliphatic heterocycles. The lowest BCUT2D eigenvalue weighted by molar-refractivity contribution is -0.228. The van der Waals surface area contributed by atoms with Crippen molar-refractivity contribution >= 4 is 17.6 Å². The lowest BCUT2D eigenvalue weighted by Gasteiger charge is -2.63. The maximum absolute atomic E-state index is 13.5. The first-order valence-corrected chi connectivity index (χ1v) is 11.5. The third kappa shape index (κ3) is 2.48. The fourth-order valence-corrected chi connectivity index (χ4v) is 7.68. The van der Waals surface area contributed by atoms with Crippen molar-refractivity contribution in [3.05, 3.63) is 35.9 Å². The summed E-state index contributed by atoms with van der Waals surface area (Å²) in [6.45, 7) is 4.94. The zero-order chi connectivity index (χ0) is 23.8. The highest BCUT2D eigenvalue weighted by atomic mass is 16.6. The highest BCUT2D eigenvalue weighted by Gasteiger charge is 2.80. The van der Waals surface area contributed by atoms with E-state index in [0.29, 0.717) is 12.2 Å². The van der Waals surface area contributed by atoms with E-state index in [-0.39, 0.29) is 6.04 Å². The van der Waals surface area contributed by atoms with Gasteiger partial charge in [-0.25, -0.2) is 4.79 Å². The quantitative estimate of drug-likeness (QED) is 0.541. The number of ether oxygens (including phenoxy) is 3. The molecule has 1 unspecified atom stereocenters. The van der Waals surface area contributed by atoms with Gasteiger partial charge in [0.1, 0.15) is 5.75 Å². The first-order chi connectivity index (χ1) is 15.7. The number of nitrogens with zero attached hydrogens (tertiary/aromatic N) is 2. The maximum atomic E-state index is 13.5. The van der Waals surface area contributed by atoms with E-state index in [0.717, 1.165) is 30.8 Å². The van der Waals surface area contributed by atoms with Crippen LogP contribution >= 0.6 is 0 Å². The smallest absolute Gasteiger partial charge is 0.344 e. The molecule has 1 N–H and O–H groups in total. The number of carbonyl (C=O) groups is 2. The van der Waals surface area contributed by atoms with Gasteiger partial charge < -0.3 is 24.2 Å². The molecule has 6 atom stereocenters. The Morgan fingerprint density at radius 3 is 2.64 bits per heavy atom.